The van der Waals surface area contributed by atoms with E-state index in [0.717, 1.165) is 24.6 Å². The highest BCUT2D eigenvalue weighted by atomic mass is 32.2. The normalized spacial score (nSPS) is 18.1. The van der Waals surface area contributed by atoms with Crippen LogP contribution in [0.15, 0.2) is 0 Å². The van der Waals surface area contributed by atoms with Crippen LogP contribution in [0, 0.1) is 0 Å². The Labute approximate surface area is 113 Å². The summed E-state index contributed by atoms with van der Waals surface area (Å²) in [6.07, 6.45) is 1.75. The predicted octanol–water partition coefficient (Wildman–Crippen LogP) is -1.42. The highest BCUT2D eigenvalue weighted by Crippen LogP contribution is 2.18. The molecule has 0 aromatic carbocycles. The Balaban J connectivity index is 1.66. The lowest BCUT2D eigenvalue weighted by molar-refractivity contribution is -0.141. The minimum absolute atomic E-state index is 0.0770. The molecule has 2 aliphatic rings. The van der Waals surface area contributed by atoms with Crippen molar-refractivity contribution in [3.63, 3.8) is 0 Å². The summed E-state index contributed by atoms with van der Waals surface area (Å²) in [6, 6.07) is 0.0770. The molecule has 4 amide bonds. The van der Waals surface area contributed by atoms with Crippen LogP contribution in [-0.4, -0.2) is 52.7 Å². The number of carbonyl (C=O) groups excluding carboxylic acids is 4. The van der Waals surface area contributed by atoms with Gasteiger partial charge in [-0.05, 0) is 12.8 Å². The first-order valence-corrected chi connectivity index (χ1v) is 6.86. The number of nitrogens with one attached hydrogen (secondary N) is 3. The lowest BCUT2D eigenvalue weighted by Crippen LogP contribution is -2.51. The van der Waals surface area contributed by atoms with Crippen molar-refractivity contribution in [2.24, 2.45) is 0 Å². The summed E-state index contributed by atoms with van der Waals surface area (Å²) in [4.78, 5) is 46.6. The zero-order valence-corrected chi connectivity index (χ0v) is 10.9. The van der Waals surface area contributed by atoms with Crippen LogP contribution in [-0.2, 0) is 14.4 Å². The maximum absolute atomic E-state index is 11.4. The quantitative estimate of drug-likeness (QED) is 0.436. The largest absolute Gasteiger partial charge is 0.345 e. The van der Waals surface area contributed by atoms with E-state index in [2.05, 4.69) is 10.7 Å². The first-order valence-electron chi connectivity index (χ1n) is 5.87. The van der Waals surface area contributed by atoms with Gasteiger partial charge in [0, 0.05) is 18.3 Å². The van der Waals surface area contributed by atoms with Crippen LogP contribution in [0.25, 0.3) is 0 Å². The molecule has 2 fully saturated rings. The van der Waals surface area contributed by atoms with E-state index in [1.165, 1.54) is 4.90 Å². The van der Waals surface area contributed by atoms with Gasteiger partial charge in [0.1, 0.15) is 6.54 Å². The van der Waals surface area contributed by atoms with Gasteiger partial charge in [-0.3, -0.25) is 30.0 Å². The van der Waals surface area contributed by atoms with Crippen LogP contribution in [0.3, 0.4) is 0 Å². The topological polar surface area (TPSA) is 108 Å². The highest BCUT2D eigenvalue weighted by Gasteiger charge is 2.27. The number of amides is 4. The average Bonchev–Trinajstić information content (AvgIpc) is 3.10. The van der Waals surface area contributed by atoms with Gasteiger partial charge in [0.25, 0.3) is 11.1 Å². The first-order chi connectivity index (χ1) is 9.06. The molecule has 104 valence electrons. The Morgan fingerprint density at radius 1 is 1.21 bits per heavy atom. The van der Waals surface area contributed by atoms with Gasteiger partial charge in [-0.25, -0.2) is 0 Å². The molecule has 9 heteroatoms. The highest BCUT2D eigenvalue weighted by molar-refractivity contribution is 8.13. The van der Waals surface area contributed by atoms with Crippen molar-refractivity contribution in [2.75, 3.05) is 18.8 Å². The fourth-order valence-electron chi connectivity index (χ4n) is 1.44. The van der Waals surface area contributed by atoms with E-state index >= 15 is 0 Å². The van der Waals surface area contributed by atoms with Crippen molar-refractivity contribution in [2.45, 2.75) is 18.9 Å². The van der Waals surface area contributed by atoms with Crippen LogP contribution in [0.5, 0.6) is 0 Å². The molecule has 0 aromatic rings. The van der Waals surface area contributed by atoms with E-state index in [9.17, 15) is 19.2 Å². The van der Waals surface area contributed by atoms with Gasteiger partial charge in [-0.15, -0.1) is 0 Å². The molecular formula is C10H14N4O4S. The smallest absolute Gasteiger partial charge is 0.327 e. The maximum atomic E-state index is 11.4. The molecule has 0 bridgehead atoms. The van der Waals surface area contributed by atoms with Crippen molar-refractivity contribution in [3.05, 3.63) is 0 Å². The van der Waals surface area contributed by atoms with E-state index in [1.807, 2.05) is 5.43 Å². The summed E-state index contributed by atoms with van der Waals surface area (Å²) in [7, 11) is 0. The maximum Gasteiger partial charge on any atom is 0.327 e. The molecule has 1 saturated carbocycles. The molecular weight excluding hydrogens is 272 g/mol. The number of hydrazine groups is 1. The molecule has 0 radical (unpaired) electrons. The van der Waals surface area contributed by atoms with Gasteiger partial charge in [0.05, 0.1) is 0 Å². The number of hydrogen-bond acceptors (Lipinski definition) is 5. The summed E-state index contributed by atoms with van der Waals surface area (Å²) < 4.78 is 0. The van der Waals surface area contributed by atoms with Crippen LogP contribution in [0.2, 0.25) is 0 Å². The van der Waals surface area contributed by atoms with Gasteiger partial charge in [0.15, 0.2) is 0 Å². The lowest BCUT2D eigenvalue weighted by atomic mass is 10.5. The fourth-order valence-corrected chi connectivity index (χ4v) is 2.27. The monoisotopic (exact) mass is 286 g/mol. The number of nitrogens with zero attached hydrogens (tertiary/aromatic N) is 1. The Morgan fingerprint density at radius 3 is 2.53 bits per heavy atom. The lowest BCUT2D eigenvalue weighted by Gasteiger charge is -2.14. The van der Waals surface area contributed by atoms with Crippen LogP contribution in [0.4, 0.5) is 4.79 Å². The Bertz CT molecular complexity index is 424. The van der Waals surface area contributed by atoms with Crippen molar-refractivity contribution >= 4 is 34.7 Å². The molecule has 0 atom stereocenters. The third-order valence-electron chi connectivity index (χ3n) is 2.61. The van der Waals surface area contributed by atoms with Gasteiger partial charge < -0.3 is 10.2 Å². The predicted molar refractivity (Wildman–Crippen MR) is 66.9 cm³/mol. The Hall–Kier alpha value is -1.77. The number of carbonyl (C=O) groups is 4. The number of rotatable bonds is 3. The summed E-state index contributed by atoms with van der Waals surface area (Å²) in [6.45, 7) is 0.378. The zero-order chi connectivity index (χ0) is 13.8. The second-order valence-electron chi connectivity index (χ2n) is 4.29. The van der Waals surface area contributed by atoms with Gasteiger partial charge in [0.2, 0.25) is 0 Å². The Morgan fingerprint density at radius 2 is 1.95 bits per heavy atom. The van der Waals surface area contributed by atoms with E-state index in [1.54, 1.807) is 0 Å². The van der Waals surface area contributed by atoms with E-state index in [-0.39, 0.29) is 17.8 Å². The van der Waals surface area contributed by atoms with Crippen LogP contribution in [0.1, 0.15) is 12.8 Å². The minimum atomic E-state index is -0.914. The van der Waals surface area contributed by atoms with Crippen molar-refractivity contribution in [3.8, 4) is 0 Å². The van der Waals surface area contributed by atoms with Crippen molar-refractivity contribution in [1.82, 2.24) is 21.1 Å². The number of thioether (sulfide) groups is 1. The first kappa shape index (κ1) is 13.7. The average molecular weight is 286 g/mol. The minimum Gasteiger partial charge on any atom is -0.345 e. The SMILES string of the molecule is O=C(CN1CCSC1=O)NNC(=O)C(=O)NC1CC1. The second kappa shape index (κ2) is 5.91. The molecule has 3 N–H and O–H groups in total. The molecule has 0 spiro atoms. The summed E-state index contributed by atoms with van der Waals surface area (Å²) in [5.74, 6) is -1.57. The Kier molecular flexibility index (Phi) is 4.25. The van der Waals surface area contributed by atoms with E-state index in [4.69, 9.17) is 0 Å². The van der Waals surface area contributed by atoms with Crippen LogP contribution >= 0.6 is 11.8 Å². The zero-order valence-electron chi connectivity index (χ0n) is 10.1. The summed E-state index contributed by atoms with van der Waals surface area (Å²) in [5, 5.41) is 2.33. The molecule has 0 unspecified atom stereocenters. The van der Waals surface area contributed by atoms with E-state index < -0.39 is 17.7 Å². The third kappa shape index (κ3) is 4.12. The molecule has 1 heterocycles. The van der Waals surface area contributed by atoms with Gasteiger partial charge in [-0.1, -0.05) is 11.8 Å². The molecule has 8 nitrogen and oxygen atoms in total. The van der Waals surface area contributed by atoms with E-state index in [0.29, 0.717) is 12.3 Å². The number of hydrogen-bond donors (Lipinski definition) is 3. The molecule has 2 rings (SSSR count). The standard InChI is InChI=1S/C10H14N4O4S/c15-7(5-14-3-4-19-10(14)18)12-13-9(17)8(16)11-6-1-2-6/h6H,1-5H2,(H,11,16)(H,12,15)(H,13,17). The van der Waals surface area contributed by atoms with Crippen molar-refractivity contribution < 1.29 is 19.2 Å². The van der Waals surface area contributed by atoms with Crippen molar-refractivity contribution in [1.29, 1.82) is 0 Å². The summed E-state index contributed by atoms with van der Waals surface area (Å²) in [5.41, 5.74) is 4.11. The fraction of sp³-hybridized carbons (Fsp3) is 0.600. The molecule has 0 aromatic heterocycles. The third-order valence-corrected chi connectivity index (χ3v) is 3.51. The molecule has 1 aliphatic carbocycles. The van der Waals surface area contributed by atoms with Gasteiger partial charge in [-0.2, -0.15) is 0 Å². The van der Waals surface area contributed by atoms with Crippen LogP contribution < -0.4 is 16.2 Å². The summed E-state index contributed by atoms with van der Waals surface area (Å²) >= 11 is 1.15. The molecule has 19 heavy (non-hydrogen) atoms. The second-order valence-corrected chi connectivity index (χ2v) is 5.33. The molecule has 1 saturated heterocycles. The molecule has 1 aliphatic heterocycles. The van der Waals surface area contributed by atoms with Gasteiger partial charge >= 0.3 is 11.8 Å².